The van der Waals surface area contributed by atoms with Crippen LogP contribution in [0, 0.1) is 0 Å². The number of aromatic amines is 1. The van der Waals surface area contributed by atoms with Gasteiger partial charge in [0.25, 0.3) is 5.91 Å². The van der Waals surface area contributed by atoms with Crippen molar-refractivity contribution in [3.8, 4) is 0 Å². The predicted octanol–water partition coefficient (Wildman–Crippen LogP) is 2.73. The molecule has 1 fully saturated rings. The topological polar surface area (TPSA) is 107 Å². The largest absolute Gasteiger partial charge is 0.378 e. The molecule has 10 heteroatoms. The van der Waals surface area contributed by atoms with Gasteiger partial charge in [0.05, 0.1) is 42.8 Å². The van der Waals surface area contributed by atoms with Gasteiger partial charge in [-0.1, -0.05) is 6.07 Å². The second kappa shape index (κ2) is 7.49. The number of carbonyl (C=O) groups excluding carboxylic acids is 1. The standard InChI is InChI=1S/C21H21N7O2S/c29-21(28-3-5-30-6-4-28)12-1-2-14-16(7-12)31-20-18(14)19(23-11-24-20)26-17-8-13-9-25-27-15(13)10-22-17/h1-2,7-10,19,23-24H,3-6,11H2,(H,22,26)(H,25,27). The summed E-state index contributed by atoms with van der Waals surface area (Å²) in [4.78, 5) is 19.3. The van der Waals surface area contributed by atoms with Crippen molar-refractivity contribution in [2.75, 3.05) is 43.6 Å². The molecule has 0 radical (unpaired) electrons. The monoisotopic (exact) mass is 435 g/mol. The number of pyridine rings is 1. The molecule has 0 aliphatic carbocycles. The highest BCUT2D eigenvalue weighted by Crippen LogP contribution is 2.41. The van der Waals surface area contributed by atoms with E-state index in [1.165, 1.54) is 0 Å². The zero-order valence-corrected chi connectivity index (χ0v) is 17.5. The average molecular weight is 436 g/mol. The van der Waals surface area contributed by atoms with Crippen LogP contribution in [0.25, 0.3) is 21.0 Å². The normalized spacial score (nSPS) is 18.7. The summed E-state index contributed by atoms with van der Waals surface area (Å²) < 4.78 is 6.45. The van der Waals surface area contributed by atoms with Gasteiger partial charge in [-0.2, -0.15) is 5.10 Å². The van der Waals surface area contributed by atoms with E-state index in [-0.39, 0.29) is 12.1 Å². The third-order valence-corrected chi connectivity index (χ3v) is 6.86. The zero-order chi connectivity index (χ0) is 20.8. The first-order valence-electron chi connectivity index (χ1n) is 10.2. The van der Waals surface area contributed by atoms with Crippen molar-refractivity contribution in [3.05, 3.63) is 47.8 Å². The predicted molar refractivity (Wildman–Crippen MR) is 120 cm³/mol. The smallest absolute Gasteiger partial charge is 0.254 e. The van der Waals surface area contributed by atoms with Crippen LogP contribution in [0.4, 0.5) is 10.8 Å². The van der Waals surface area contributed by atoms with Gasteiger partial charge in [-0.25, -0.2) is 4.98 Å². The Hall–Kier alpha value is -3.21. The van der Waals surface area contributed by atoms with Crippen LogP contribution in [-0.2, 0) is 4.74 Å². The van der Waals surface area contributed by atoms with Crippen molar-refractivity contribution in [2.24, 2.45) is 0 Å². The number of anilines is 2. The molecule has 9 nitrogen and oxygen atoms in total. The molecule has 2 aliphatic rings. The molecule has 0 bridgehead atoms. The molecule has 1 amide bonds. The molecule has 3 aromatic heterocycles. The van der Waals surface area contributed by atoms with E-state index in [2.05, 4.69) is 37.2 Å². The minimum Gasteiger partial charge on any atom is -0.378 e. The number of hydrogen-bond donors (Lipinski definition) is 4. The molecule has 0 saturated carbocycles. The number of fused-ring (bicyclic) bond motifs is 4. The number of thiophene rings is 1. The highest BCUT2D eigenvalue weighted by molar-refractivity contribution is 7.23. The molecule has 5 heterocycles. The Morgan fingerprint density at radius 1 is 1.23 bits per heavy atom. The van der Waals surface area contributed by atoms with Gasteiger partial charge in [0, 0.05) is 39.7 Å². The number of nitrogens with one attached hydrogen (secondary N) is 4. The second-order valence-corrected chi connectivity index (χ2v) is 8.67. The fraction of sp³-hybridized carbons (Fsp3) is 0.286. The van der Waals surface area contributed by atoms with Gasteiger partial charge < -0.3 is 20.3 Å². The molecule has 1 unspecified atom stereocenters. The number of carbonyl (C=O) groups is 1. The zero-order valence-electron chi connectivity index (χ0n) is 16.6. The Bertz CT molecular complexity index is 1280. The third-order valence-electron chi connectivity index (χ3n) is 5.73. The fourth-order valence-corrected chi connectivity index (χ4v) is 5.32. The maximum Gasteiger partial charge on any atom is 0.254 e. The lowest BCUT2D eigenvalue weighted by Crippen LogP contribution is -2.40. The molecule has 1 atom stereocenters. The summed E-state index contributed by atoms with van der Waals surface area (Å²) in [5.74, 6) is 0.840. The molecule has 0 spiro atoms. The summed E-state index contributed by atoms with van der Waals surface area (Å²) in [6.07, 6.45) is 3.47. The summed E-state index contributed by atoms with van der Waals surface area (Å²) in [7, 11) is 0. The second-order valence-electron chi connectivity index (χ2n) is 7.62. The summed E-state index contributed by atoms with van der Waals surface area (Å²) in [5.41, 5.74) is 2.77. The first-order chi connectivity index (χ1) is 15.3. The first-order valence-corrected chi connectivity index (χ1v) is 11.0. The quantitative estimate of drug-likeness (QED) is 0.392. The third kappa shape index (κ3) is 3.29. The minimum absolute atomic E-state index is 0.0648. The van der Waals surface area contributed by atoms with Crippen LogP contribution in [0.3, 0.4) is 0 Å². The van der Waals surface area contributed by atoms with Gasteiger partial charge in [-0.05, 0) is 18.2 Å². The molecule has 31 heavy (non-hydrogen) atoms. The van der Waals surface area contributed by atoms with Gasteiger partial charge in [0.2, 0.25) is 0 Å². The SMILES string of the molecule is O=C(c1ccc2c3c(sc2c1)NCNC3Nc1cc2cn[nH]c2cn1)N1CCOCC1. The molecule has 6 rings (SSSR count). The number of aromatic nitrogens is 3. The number of morpholine rings is 1. The van der Waals surface area contributed by atoms with E-state index in [4.69, 9.17) is 4.74 Å². The molecule has 1 aromatic carbocycles. The van der Waals surface area contributed by atoms with Crippen molar-refractivity contribution < 1.29 is 9.53 Å². The Morgan fingerprint density at radius 3 is 3.03 bits per heavy atom. The number of amides is 1. The number of rotatable bonds is 3. The first kappa shape index (κ1) is 18.6. The minimum atomic E-state index is -0.0948. The van der Waals surface area contributed by atoms with Crippen LogP contribution in [0.2, 0.25) is 0 Å². The number of H-pyrrole nitrogens is 1. The van der Waals surface area contributed by atoms with Gasteiger partial charge >= 0.3 is 0 Å². The van der Waals surface area contributed by atoms with Crippen molar-refractivity contribution in [3.63, 3.8) is 0 Å². The molecular formula is C21H21N7O2S. The highest BCUT2D eigenvalue weighted by atomic mass is 32.1. The van der Waals surface area contributed by atoms with Crippen LogP contribution in [0.1, 0.15) is 22.1 Å². The van der Waals surface area contributed by atoms with Crippen LogP contribution in [0.5, 0.6) is 0 Å². The van der Waals surface area contributed by atoms with Gasteiger partial charge in [0.1, 0.15) is 12.0 Å². The van der Waals surface area contributed by atoms with Crippen molar-refractivity contribution >= 4 is 49.1 Å². The van der Waals surface area contributed by atoms with Gasteiger partial charge in [-0.15, -0.1) is 11.3 Å². The van der Waals surface area contributed by atoms with Crippen molar-refractivity contribution in [1.82, 2.24) is 25.4 Å². The molecule has 4 N–H and O–H groups in total. The Morgan fingerprint density at radius 2 is 2.13 bits per heavy atom. The lowest BCUT2D eigenvalue weighted by atomic mass is 10.1. The van der Waals surface area contributed by atoms with Crippen molar-refractivity contribution in [1.29, 1.82) is 0 Å². The van der Waals surface area contributed by atoms with E-state index in [9.17, 15) is 4.79 Å². The number of benzene rings is 1. The maximum atomic E-state index is 12.9. The highest BCUT2D eigenvalue weighted by Gasteiger charge is 2.26. The average Bonchev–Trinajstić information content (AvgIpc) is 3.43. The molecule has 1 saturated heterocycles. The van der Waals surface area contributed by atoms with E-state index >= 15 is 0 Å². The summed E-state index contributed by atoms with van der Waals surface area (Å²) in [6.45, 7) is 3.13. The van der Waals surface area contributed by atoms with E-state index in [0.29, 0.717) is 33.0 Å². The molecular weight excluding hydrogens is 414 g/mol. The lowest BCUT2D eigenvalue weighted by molar-refractivity contribution is 0.0303. The fourth-order valence-electron chi connectivity index (χ4n) is 4.14. The van der Waals surface area contributed by atoms with Crippen molar-refractivity contribution in [2.45, 2.75) is 6.17 Å². The Kier molecular flexibility index (Phi) is 4.48. The molecule has 2 aliphatic heterocycles. The van der Waals surface area contributed by atoms with Gasteiger partial charge in [0.15, 0.2) is 0 Å². The van der Waals surface area contributed by atoms with E-state index in [1.54, 1.807) is 23.7 Å². The van der Waals surface area contributed by atoms with Crippen LogP contribution < -0.4 is 16.0 Å². The van der Waals surface area contributed by atoms with E-state index < -0.39 is 0 Å². The van der Waals surface area contributed by atoms with Crippen LogP contribution in [0.15, 0.2) is 36.7 Å². The maximum absolute atomic E-state index is 12.9. The molecule has 4 aromatic rings. The Labute approximate surface area is 181 Å². The van der Waals surface area contributed by atoms with E-state index in [0.717, 1.165) is 42.9 Å². The van der Waals surface area contributed by atoms with Crippen LogP contribution in [-0.4, -0.2) is 59.0 Å². The number of hydrogen-bond acceptors (Lipinski definition) is 8. The van der Waals surface area contributed by atoms with E-state index in [1.807, 2.05) is 23.1 Å². The summed E-state index contributed by atoms with van der Waals surface area (Å²) in [5, 5.41) is 20.6. The number of ether oxygens (including phenoxy) is 1. The van der Waals surface area contributed by atoms with Gasteiger partial charge in [-0.3, -0.25) is 15.2 Å². The van der Waals surface area contributed by atoms with Crippen LogP contribution >= 0.6 is 11.3 Å². The lowest BCUT2D eigenvalue weighted by Gasteiger charge is -2.27. The molecule has 158 valence electrons. The summed E-state index contributed by atoms with van der Waals surface area (Å²) in [6, 6.07) is 7.96. The Balaban J connectivity index is 1.32. The summed E-state index contributed by atoms with van der Waals surface area (Å²) >= 11 is 1.67. The number of nitrogens with zero attached hydrogens (tertiary/aromatic N) is 3.